The van der Waals surface area contributed by atoms with Crippen LogP contribution in [0.1, 0.15) is 47.8 Å². The number of aromatic nitrogens is 4. The maximum atomic E-state index is 11.9. The summed E-state index contributed by atoms with van der Waals surface area (Å²) < 4.78 is 21.4. The van der Waals surface area contributed by atoms with E-state index in [2.05, 4.69) is 88.6 Å². The third kappa shape index (κ3) is 4.92. The molecule has 2 aromatic heterocycles. The number of aliphatic hydroxyl groups is 1. The quantitative estimate of drug-likeness (QED) is 0.433. The molecule has 0 aromatic carbocycles. The molecular formula is C24H41N5O4Si2. The minimum atomic E-state index is -2.39. The summed E-state index contributed by atoms with van der Waals surface area (Å²) in [5.41, 5.74) is 5.23. The molecule has 1 saturated heterocycles. The first-order chi connectivity index (χ1) is 15.9. The lowest BCUT2D eigenvalue weighted by Gasteiger charge is -2.42. The van der Waals surface area contributed by atoms with Crippen LogP contribution in [-0.4, -0.2) is 65.7 Å². The average molecular weight is 520 g/mol. The Balaban J connectivity index is 2.08. The number of hydrogen-bond acceptors (Lipinski definition) is 8. The first-order valence-corrected chi connectivity index (χ1v) is 17.8. The van der Waals surface area contributed by atoms with Crippen molar-refractivity contribution in [3.05, 3.63) is 12.7 Å². The molecule has 0 bridgehead atoms. The van der Waals surface area contributed by atoms with Crippen LogP contribution in [-0.2, 0) is 13.6 Å². The number of nitrogens with two attached hydrogens (primary N) is 1. The maximum absolute atomic E-state index is 11.9. The molecule has 1 aliphatic heterocycles. The van der Waals surface area contributed by atoms with Gasteiger partial charge in [-0.15, -0.1) is 6.42 Å². The zero-order chi connectivity index (χ0) is 26.6. The summed E-state index contributed by atoms with van der Waals surface area (Å²) in [6.07, 6.45) is 6.50. The molecule has 3 N–H and O–H groups in total. The second-order valence-corrected chi connectivity index (χ2v) is 22.0. The van der Waals surface area contributed by atoms with Crippen LogP contribution in [0.15, 0.2) is 12.7 Å². The van der Waals surface area contributed by atoms with E-state index in [1.54, 1.807) is 10.9 Å². The minimum Gasteiger partial charge on any atom is -0.414 e. The summed E-state index contributed by atoms with van der Waals surface area (Å²) in [7, 11) is -4.52. The summed E-state index contributed by atoms with van der Waals surface area (Å²) in [6.45, 7) is 21.6. The highest BCUT2D eigenvalue weighted by molar-refractivity contribution is 6.74. The first-order valence-electron chi connectivity index (χ1n) is 12.0. The van der Waals surface area contributed by atoms with Crippen molar-refractivity contribution in [1.82, 2.24) is 19.5 Å². The summed E-state index contributed by atoms with van der Waals surface area (Å²) in [4.78, 5) is 12.8. The number of anilines is 1. The summed E-state index contributed by atoms with van der Waals surface area (Å²) in [5, 5.41) is 11.8. The van der Waals surface area contributed by atoms with Crippen molar-refractivity contribution < 1.29 is 18.7 Å². The van der Waals surface area contributed by atoms with Crippen molar-refractivity contribution in [1.29, 1.82) is 0 Å². The van der Waals surface area contributed by atoms with Gasteiger partial charge in [0.05, 0.1) is 12.9 Å². The fraction of sp³-hybridized carbons (Fsp3) is 0.708. The monoisotopic (exact) mass is 519 g/mol. The van der Waals surface area contributed by atoms with Crippen molar-refractivity contribution in [2.45, 2.75) is 102 Å². The van der Waals surface area contributed by atoms with E-state index in [-0.39, 0.29) is 22.5 Å². The zero-order valence-electron chi connectivity index (χ0n) is 22.7. The average Bonchev–Trinajstić information content (AvgIpc) is 3.26. The molecule has 0 saturated carbocycles. The Morgan fingerprint density at radius 2 is 1.71 bits per heavy atom. The number of hydrogen-bond donors (Lipinski definition) is 2. The van der Waals surface area contributed by atoms with Gasteiger partial charge in [-0.3, -0.25) is 4.57 Å². The molecule has 3 heterocycles. The van der Waals surface area contributed by atoms with Crippen molar-refractivity contribution in [3.63, 3.8) is 0 Å². The molecule has 0 radical (unpaired) electrons. The second-order valence-electron chi connectivity index (χ2n) is 12.4. The van der Waals surface area contributed by atoms with Gasteiger partial charge >= 0.3 is 0 Å². The van der Waals surface area contributed by atoms with Crippen molar-refractivity contribution in [3.8, 4) is 12.3 Å². The smallest absolute Gasteiger partial charge is 0.192 e. The van der Waals surface area contributed by atoms with Crippen molar-refractivity contribution in [2.24, 2.45) is 0 Å². The zero-order valence-corrected chi connectivity index (χ0v) is 24.7. The van der Waals surface area contributed by atoms with Gasteiger partial charge in [-0.25, -0.2) is 15.0 Å². The number of ether oxygens (including phenoxy) is 1. The lowest BCUT2D eigenvalue weighted by atomic mass is 9.93. The van der Waals surface area contributed by atoms with E-state index in [9.17, 15) is 5.11 Å². The topological polar surface area (TPSA) is 118 Å². The van der Waals surface area contributed by atoms with Crippen LogP contribution in [0, 0.1) is 12.3 Å². The molecule has 35 heavy (non-hydrogen) atoms. The van der Waals surface area contributed by atoms with Crippen LogP contribution < -0.4 is 5.73 Å². The third-order valence-corrected chi connectivity index (χ3v) is 17.0. The number of terminal acetylenes is 1. The van der Waals surface area contributed by atoms with Crippen LogP contribution in [0.25, 0.3) is 11.2 Å². The van der Waals surface area contributed by atoms with Crippen LogP contribution >= 0.6 is 0 Å². The number of nitrogens with zero attached hydrogens (tertiary/aromatic N) is 4. The Labute approximate surface area is 211 Å². The maximum Gasteiger partial charge on any atom is 0.192 e. The van der Waals surface area contributed by atoms with E-state index in [0.29, 0.717) is 11.2 Å². The van der Waals surface area contributed by atoms with Crippen LogP contribution in [0.3, 0.4) is 0 Å². The van der Waals surface area contributed by atoms with E-state index >= 15 is 0 Å². The summed E-state index contributed by atoms with van der Waals surface area (Å²) >= 11 is 0. The third-order valence-electron chi connectivity index (χ3n) is 8.01. The van der Waals surface area contributed by atoms with Gasteiger partial charge in [0.1, 0.15) is 24.1 Å². The lowest BCUT2D eigenvalue weighted by Crippen LogP contribution is -2.56. The summed E-state index contributed by atoms with van der Waals surface area (Å²) in [6, 6.07) is 0. The Hall–Kier alpha value is -1.82. The van der Waals surface area contributed by atoms with E-state index in [1.807, 2.05) is 0 Å². The van der Waals surface area contributed by atoms with Gasteiger partial charge in [-0.05, 0) is 36.3 Å². The van der Waals surface area contributed by atoms with Gasteiger partial charge in [-0.2, -0.15) is 0 Å². The molecule has 0 unspecified atom stereocenters. The van der Waals surface area contributed by atoms with Gasteiger partial charge in [0, 0.05) is 0 Å². The van der Waals surface area contributed by atoms with E-state index < -0.39 is 40.7 Å². The molecule has 0 spiro atoms. The molecule has 0 amide bonds. The van der Waals surface area contributed by atoms with Crippen LogP contribution in [0.4, 0.5) is 5.82 Å². The molecule has 9 nitrogen and oxygen atoms in total. The number of imidazole rings is 1. The van der Waals surface area contributed by atoms with Crippen LogP contribution in [0.2, 0.25) is 36.3 Å². The van der Waals surface area contributed by atoms with E-state index in [1.165, 1.54) is 6.33 Å². The van der Waals surface area contributed by atoms with Gasteiger partial charge < -0.3 is 24.4 Å². The summed E-state index contributed by atoms with van der Waals surface area (Å²) in [5.74, 6) is 2.88. The highest BCUT2D eigenvalue weighted by Gasteiger charge is 2.60. The SMILES string of the molecule is C#C[C@@]1(O)[C@@H](CO[Si](C)(C)C(C)(C)C)O[C@@H](n2cnc3c(N)ncnc32)[C@@H]1O[Si](C)(C)C(C)(C)C. The van der Waals surface area contributed by atoms with Crippen molar-refractivity contribution >= 4 is 33.6 Å². The highest BCUT2D eigenvalue weighted by Crippen LogP contribution is 2.46. The van der Waals surface area contributed by atoms with E-state index in [0.717, 1.165) is 0 Å². The molecule has 3 rings (SSSR count). The highest BCUT2D eigenvalue weighted by atomic mass is 28.4. The molecule has 11 heteroatoms. The van der Waals surface area contributed by atoms with Crippen molar-refractivity contribution in [2.75, 3.05) is 12.3 Å². The molecule has 1 fully saturated rings. The molecule has 2 aromatic rings. The predicted octanol–water partition coefficient (Wildman–Crippen LogP) is 4.08. The normalized spacial score (nSPS) is 26.3. The van der Waals surface area contributed by atoms with Gasteiger partial charge in [0.2, 0.25) is 0 Å². The van der Waals surface area contributed by atoms with Gasteiger partial charge in [-0.1, -0.05) is 47.5 Å². The molecule has 1 aliphatic rings. The number of fused-ring (bicyclic) bond motifs is 1. The van der Waals surface area contributed by atoms with Crippen LogP contribution in [0.5, 0.6) is 0 Å². The lowest BCUT2D eigenvalue weighted by molar-refractivity contribution is -0.0578. The second kappa shape index (κ2) is 8.93. The van der Waals surface area contributed by atoms with E-state index in [4.69, 9.17) is 25.7 Å². The Morgan fingerprint density at radius 3 is 2.26 bits per heavy atom. The molecule has 4 atom stereocenters. The largest absolute Gasteiger partial charge is 0.414 e. The van der Waals surface area contributed by atoms with Gasteiger partial charge in [0.15, 0.2) is 39.9 Å². The van der Waals surface area contributed by atoms with Gasteiger partial charge in [0.25, 0.3) is 0 Å². The Bertz CT molecular complexity index is 1120. The minimum absolute atomic E-state index is 0.00863. The molecule has 0 aliphatic carbocycles. The fourth-order valence-electron chi connectivity index (χ4n) is 3.50. The fourth-order valence-corrected chi connectivity index (χ4v) is 5.78. The Kier molecular flexibility index (Phi) is 7.09. The Morgan fingerprint density at radius 1 is 1.11 bits per heavy atom. The first kappa shape index (κ1) is 27.8. The number of rotatable bonds is 6. The molecule has 194 valence electrons. The number of nitrogen functional groups attached to an aromatic ring is 1. The standard InChI is InChI=1S/C24H41N5O4Si2/c1-12-24(30)16(13-31-34(8,9)22(2,3)4)32-21(18(24)33-35(10,11)23(5,6)7)29-15-28-17-19(25)26-14-27-20(17)29/h1,14-16,18,21,30H,13H2,2-11H3,(H2,25,26,27)/t16-,18+,21-,24-/m1/s1. The molecular weight excluding hydrogens is 478 g/mol. The predicted molar refractivity (Wildman–Crippen MR) is 143 cm³/mol.